The number of anilines is 1. The maximum Gasteiger partial charge on any atom is 0.258 e. The maximum absolute atomic E-state index is 13.7. The molecule has 0 spiro atoms. The number of hydrogen-bond donors (Lipinski definition) is 1. The lowest BCUT2D eigenvalue weighted by Gasteiger charge is -2.07. The van der Waals surface area contributed by atoms with Crippen molar-refractivity contribution in [2.75, 3.05) is 5.32 Å². The quantitative estimate of drug-likeness (QED) is 0.778. The van der Waals surface area contributed by atoms with Crippen molar-refractivity contribution < 1.29 is 9.18 Å². The Bertz CT molecular complexity index is 805. The molecule has 0 fully saturated rings. The molecule has 1 N–H and O–H groups in total. The van der Waals surface area contributed by atoms with Crippen molar-refractivity contribution in [2.45, 2.75) is 0 Å². The molecule has 0 aliphatic carbocycles. The third-order valence-corrected chi connectivity index (χ3v) is 3.33. The zero-order valence-corrected chi connectivity index (χ0v) is 12.7. The molecule has 1 aromatic carbocycles. The predicted molar refractivity (Wildman–Crippen MR) is 81.2 cm³/mol. The minimum absolute atomic E-state index is 0.0465. The van der Waals surface area contributed by atoms with Crippen molar-refractivity contribution >= 4 is 27.5 Å². The molecule has 8 heteroatoms. The zero-order valence-electron chi connectivity index (χ0n) is 11.1. The number of aromatic nitrogens is 4. The molecule has 6 nitrogen and oxygen atoms in total. The van der Waals surface area contributed by atoms with Crippen molar-refractivity contribution in [1.29, 1.82) is 0 Å². The first-order valence-electron chi connectivity index (χ1n) is 6.21. The summed E-state index contributed by atoms with van der Waals surface area (Å²) in [6.45, 7) is 0. The fourth-order valence-electron chi connectivity index (χ4n) is 1.79. The highest BCUT2D eigenvalue weighted by molar-refractivity contribution is 9.10. The van der Waals surface area contributed by atoms with Crippen LogP contribution in [-0.4, -0.2) is 25.7 Å². The van der Waals surface area contributed by atoms with E-state index >= 15 is 0 Å². The molecule has 0 unspecified atom stereocenters. The lowest BCUT2D eigenvalue weighted by molar-refractivity contribution is 0.102. The van der Waals surface area contributed by atoms with Gasteiger partial charge in [0.2, 0.25) is 0 Å². The van der Waals surface area contributed by atoms with E-state index in [2.05, 4.69) is 36.3 Å². The maximum atomic E-state index is 13.7. The number of amides is 1. The van der Waals surface area contributed by atoms with E-state index in [0.717, 1.165) is 0 Å². The van der Waals surface area contributed by atoms with Crippen LogP contribution in [0.3, 0.4) is 0 Å². The number of carbonyl (C=O) groups is 1. The molecular weight excluding hydrogens is 353 g/mol. The Labute approximate surface area is 133 Å². The van der Waals surface area contributed by atoms with E-state index in [1.54, 1.807) is 12.1 Å². The molecule has 0 radical (unpaired) electrons. The summed E-state index contributed by atoms with van der Waals surface area (Å²) in [5, 5.41) is 6.54. The highest BCUT2D eigenvalue weighted by Crippen LogP contribution is 2.17. The highest BCUT2D eigenvalue weighted by Gasteiger charge is 2.12. The van der Waals surface area contributed by atoms with Crippen LogP contribution in [0.15, 0.2) is 53.7 Å². The largest absolute Gasteiger partial charge is 0.320 e. The molecule has 0 saturated heterocycles. The third-order valence-electron chi connectivity index (χ3n) is 2.83. The average molecular weight is 362 g/mol. The van der Waals surface area contributed by atoms with Crippen molar-refractivity contribution in [3.63, 3.8) is 0 Å². The number of rotatable bonds is 3. The minimum Gasteiger partial charge on any atom is -0.320 e. The fraction of sp³-hybridized carbons (Fsp3) is 0. The summed E-state index contributed by atoms with van der Waals surface area (Å²) in [6, 6.07) is 7.49. The molecule has 0 aliphatic rings. The molecule has 1 amide bonds. The molecule has 0 aliphatic heterocycles. The number of carbonyl (C=O) groups excluding carboxylic acids is 1. The summed E-state index contributed by atoms with van der Waals surface area (Å²) >= 11 is 3.21. The van der Waals surface area contributed by atoms with E-state index in [1.165, 1.54) is 41.7 Å². The standard InChI is InChI=1S/C14H9BrFN5O/c15-9-1-3-12(16)11(5-9)14(22)20-10-2-4-13(18-6-10)21-8-17-7-19-21/h1-8H,(H,20,22). The van der Waals surface area contributed by atoms with Gasteiger partial charge in [0.15, 0.2) is 5.82 Å². The van der Waals surface area contributed by atoms with Crippen LogP contribution in [0, 0.1) is 5.82 Å². The molecule has 3 aromatic rings. The van der Waals surface area contributed by atoms with Crippen LogP contribution in [0.4, 0.5) is 10.1 Å². The van der Waals surface area contributed by atoms with Crippen molar-refractivity contribution in [3.05, 3.63) is 65.0 Å². The van der Waals surface area contributed by atoms with Crippen LogP contribution in [0.2, 0.25) is 0 Å². The second-order valence-corrected chi connectivity index (χ2v) is 5.24. The van der Waals surface area contributed by atoms with Crippen LogP contribution >= 0.6 is 15.9 Å². The van der Waals surface area contributed by atoms with Gasteiger partial charge in [-0.15, -0.1) is 0 Å². The fourth-order valence-corrected chi connectivity index (χ4v) is 2.15. The molecule has 3 rings (SSSR count). The van der Waals surface area contributed by atoms with Gasteiger partial charge in [0, 0.05) is 4.47 Å². The van der Waals surface area contributed by atoms with Gasteiger partial charge < -0.3 is 5.32 Å². The van der Waals surface area contributed by atoms with Crippen molar-refractivity contribution in [2.24, 2.45) is 0 Å². The summed E-state index contributed by atoms with van der Waals surface area (Å²) < 4.78 is 15.8. The lowest BCUT2D eigenvalue weighted by atomic mass is 10.2. The summed E-state index contributed by atoms with van der Waals surface area (Å²) in [5.41, 5.74) is 0.406. The molecule has 0 bridgehead atoms. The van der Waals surface area contributed by atoms with E-state index in [0.29, 0.717) is 16.0 Å². The number of pyridine rings is 1. The van der Waals surface area contributed by atoms with E-state index in [4.69, 9.17) is 0 Å². The van der Waals surface area contributed by atoms with E-state index in [1.807, 2.05) is 0 Å². The first kappa shape index (κ1) is 14.3. The predicted octanol–water partition coefficient (Wildman–Crippen LogP) is 2.82. The van der Waals surface area contributed by atoms with E-state index in [9.17, 15) is 9.18 Å². The Hall–Kier alpha value is -2.61. The average Bonchev–Trinajstić information content (AvgIpc) is 3.05. The number of benzene rings is 1. The minimum atomic E-state index is -0.590. The van der Waals surface area contributed by atoms with Crippen molar-refractivity contribution in [3.8, 4) is 5.82 Å². The van der Waals surface area contributed by atoms with Gasteiger partial charge in [0.1, 0.15) is 18.5 Å². The molecule has 0 atom stereocenters. The topological polar surface area (TPSA) is 72.7 Å². The number of nitrogens with one attached hydrogen (secondary N) is 1. The summed E-state index contributed by atoms with van der Waals surface area (Å²) in [7, 11) is 0. The first-order valence-corrected chi connectivity index (χ1v) is 7.00. The zero-order chi connectivity index (χ0) is 15.5. The van der Waals surface area contributed by atoms with E-state index < -0.39 is 11.7 Å². The second-order valence-electron chi connectivity index (χ2n) is 4.32. The molecular formula is C14H9BrFN5O. The molecule has 110 valence electrons. The molecule has 0 saturated carbocycles. The van der Waals surface area contributed by atoms with Gasteiger partial charge in [-0.05, 0) is 30.3 Å². The third kappa shape index (κ3) is 3.01. The van der Waals surface area contributed by atoms with Gasteiger partial charge in [0.05, 0.1) is 17.4 Å². The normalized spacial score (nSPS) is 10.5. The van der Waals surface area contributed by atoms with Crippen LogP contribution in [0.25, 0.3) is 5.82 Å². The Morgan fingerprint density at radius 2 is 2.14 bits per heavy atom. The number of nitrogens with zero attached hydrogens (tertiary/aromatic N) is 4. The van der Waals surface area contributed by atoms with Gasteiger partial charge in [-0.3, -0.25) is 4.79 Å². The SMILES string of the molecule is O=C(Nc1ccc(-n2cncn2)nc1)c1cc(Br)ccc1F. The lowest BCUT2D eigenvalue weighted by Crippen LogP contribution is -2.14. The Kier molecular flexibility index (Phi) is 3.92. The van der Waals surface area contributed by atoms with Gasteiger partial charge in [-0.25, -0.2) is 19.0 Å². The Morgan fingerprint density at radius 3 is 2.82 bits per heavy atom. The first-order chi connectivity index (χ1) is 10.6. The smallest absolute Gasteiger partial charge is 0.258 e. The van der Waals surface area contributed by atoms with Crippen LogP contribution in [-0.2, 0) is 0 Å². The molecule has 22 heavy (non-hydrogen) atoms. The molecule has 2 heterocycles. The summed E-state index contributed by atoms with van der Waals surface area (Å²) in [4.78, 5) is 20.0. The highest BCUT2D eigenvalue weighted by atomic mass is 79.9. The molecule has 2 aromatic heterocycles. The summed E-state index contributed by atoms with van der Waals surface area (Å²) in [5.74, 6) is -0.578. The van der Waals surface area contributed by atoms with Gasteiger partial charge in [-0.1, -0.05) is 15.9 Å². The van der Waals surface area contributed by atoms with Gasteiger partial charge in [-0.2, -0.15) is 5.10 Å². The van der Waals surface area contributed by atoms with Crippen LogP contribution in [0.1, 0.15) is 10.4 Å². The van der Waals surface area contributed by atoms with E-state index in [-0.39, 0.29) is 5.56 Å². The number of halogens is 2. The van der Waals surface area contributed by atoms with Crippen LogP contribution in [0.5, 0.6) is 0 Å². The van der Waals surface area contributed by atoms with Crippen molar-refractivity contribution in [1.82, 2.24) is 19.7 Å². The van der Waals surface area contributed by atoms with Crippen LogP contribution < -0.4 is 5.32 Å². The Morgan fingerprint density at radius 1 is 1.27 bits per heavy atom. The number of hydrogen-bond acceptors (Lipinski definition) is 4. The summed E-state index contributed by atoms with van der Waals surface area (Å²) in [6.07, 6.45) is 4.37. The second kappa shape index (κ2) is 6.02. The van der Waals surface area contributed by atoms with Gasteiger partial charge >= 0.3 is 0 Å². The van der Waals surface area contributed by atoms with Gasteiger partial charge in [0.25, 0.3) is 5.91 Å². The monoisotopic (exact) mass is 361 g/mol. The Balaban J connectivity index is 1.78.